The molecule has 0 aliphatic rings. The van der Waals surface area contributed by atoms with Gasteiger partial charge in [0, 0.05) is 11.3 Å². The standard InChI is InChI=1S/C10H9NO3S/c1-13-10(12)9-8(14-6-11-9)5-7-3-2-4-15-7/h2-4,6H,5H2,1H3. The van der Waals surface area contributed by atoms with Crippen LogP contribution in [0.25, 0.3) is 0 Å². The van der Waals surface area contributed by atoms with Crippen molar-refractivity contribution in [2.45, 2.75) is 6.42 Å². The van der Waals surface area contributed by atoms with Gasteiger partial charge in [-0.2, -0.15) is 0 Å². The second kappa shape index (κ2) is 4.27. The maximum absolute atomic E-state index is 11.3. The number of hydrogen-bond donors (Lipinski definition) is 0. The van der Waals surface area contributed by atoms with Gasteiger partial charge in [0.05, 0.1) is 7.11 Å². The van der Waals surface area contributed by atoms with Crippen molar-refractivity contribution in [3.63, 3.8) is 0 Å². The Morgan fingerprint density at radius 2 is 2.53 bits per heavy atom. The van der Waals surface area contributed by atoms with Crippen LogP contribution in [0.5, 0.6) is 0 Å². The van der Waals surface area contributed by atoms with Gasteiger partial charge in [0.1, 0.15) is 5.76 Å². The van der Waals surface area contributed by atoms with Crippen LogP contribution in [-0.2, 0) is 11.2 Å². The first-order chi connectivity index (χ1) is 7.31. The molecule has 2 aromatic rings. The van der Waals surface area contributed by atoms with Crippen molar-refractivity contribution in [1.82, 2.24) is 4.98 Å². The number of methoxy groups -OCH3 is 1. The molecule has 0 aliphatic carbocycles. The van der Waals surface area contributed by atoms with E-state index in [9.17, 15) is 4.79 Å². The first-order valence-electron chi connectivity index (χ1n) is 4.34. The van der Waals surface area contributed by atoms with E-state index in [2.05, 4.69) is 9.72 Å². The lowest BCUT2D eigenvalue weighted by atomic mass is 10.2. The molecule has 0 unspecified atom stereocenters. The van der Waals surface area contributed by atoms with Gasteiger partial charge in [-0.25, -0.2) is 9.78 Å². The Morgan fingerprint density at radius 1 is 1.67 bits per heavy atom. The van der Waals surface area contributed by atoms with Crippen LogP contribution < -0.4 is 0 Å². The summed E-state index contributed by atoms with van der Waals surface area (Å²) in [6, 6.07) is 3.93. The molecule has 15 heavy (non-hydrogen) atoms. The van der Waals surface area contributed by atoms with Crippen molar-refractivity contribution in [3.8, 4) is 0 Å². The van der Waals surface area contributed by atoms with E-state index in [1.54, 1.807) is 11.3 Å². The Balaban J connectivity index is 2.22. The summed E-state index contributed by atoms with van der Waals surface area (Å²) in [5, 5.41) is 1.98. The van der Waals surface area contributed by atoms with Gasteiger partial charge in [0.25, 0.3) is 0 Å². The molecule has 0 radical (unpaired) electrons. The zero-order chi connectivity index (χ0) is 10.7. The summed E-state index contributed by atoms with van der Waals surface area (Å²) in [6.07, 6.45) is 1.83. The summed E-state index contributed by atoms with van der Waals surface area (Å²) < 4.78 is 9.75. The van der Waals surface area contributed by atoms with Gasteiger partial charge in [-0.1, -0.05) is 6.07 Å². The number of rotatable bonds is 3. The zero-order valence-corrected chi connectivity index (χ0v) is 8.91. The monoisotopic (exact) mass is 223 g/mol. The maximum atomic E-state index is 11.3. The van der Waals surface area contributed by atoms with Gasteiger partial charge < -0.3 is 9.15 Å². The number of esters is 1. The Bertz CT molecular complexity index is 447. The van der Waals surface area contributed by atoms with Crippen LogP contribution in [0.3, 0.4) is 0 Å². The number of ether oxygens (including phenoxy) is 1. The first-order valence-corrected chi connectivity index (χ1v) is 5.22. The van der Waals surface area contributed by atoms with Crippen LogP contribution in [0.2, 0.25) is 0 Å². The lowest BCUT2D eigenvalue weighted by Gasteiger charge is -1.97. The molecule has 2 rings (SSSR count). The lowest BCUT2D eigenvalue weighted by molar-refractivity contribution is 0.0592. The molecular formula is C10H9NO3S. The molecule has 0 bridgehead atoms. The molecule has 0 N–H and O–H groups in total. The quantitative estimate of drug-likeness (QED) is 0.748. The van der Waals surface area contributed by atoms with Gasteiger partial charge in [0.15, 0.2) is 12.1 Å². The molecule has 0 saturated heterocycles. The molecule has 78 valence electrons. The summed E-state index contributed by atoms with van der Waals surface area (Å²) in [5.41, 5.74) is 0.255. The molecule has 0 saturated carbocycles. The highest BCUT2D eigenvalue weighted by molar-refractivity contribution is 7.09. The van der Waals surface area contributed by atoms with Gasteiger partial charge in [-0.3, -0.25) is 0 Å². The van der Waals surface area contributed by atoms with Crippen molar-refractivity contribution in [2.75, 3.05) is 7.11 Å². The van der Waals surface area contributed by atoms with E-state index in [1.165, 1.54) is 13.5 Å². The predicted octanol–water partition coefficient (Wildman–Crippen LogP) is 2.11. The predicted molar refractivity (Wildman–Crippen MR) is 55.0 cm³/mol. The number of carbonyl (C=O) groups is 1. The summed E-state index contributed by atoms with van der Waals surface area (Å²) in [5.74, 6) is 0.0830. The van der Waals surface area contributed by atoms with Crippen LogP contribution in [0.1, 0.15) is 21.1 Å². The Labute approximate surface area is 90.5 Å². The minimum absolute atomic E-state index is 0.255. The second-order valence-electron chi connectivity index (χ2n) is 2.87. The molecule has 0 fully saturated rings. The molecule has 0 spiro atoms. The summed E-state index contributed by atoms with van der Waals surface area (Å²) in [6.45, 7) is 0. The van der Waals surface area contributed by atoms with E-state index in [1.807, 2.05) is 17.5 Å². The number of thiophene rings is 1. The third-order valence-electron chi connectivity index (χ3n) is 1.93. The largest absolute Gasteiger partial charge is 0.464 e. The van der Waals surface area contributed by atoms with Crippen LogP contribution >= 0.6 is 11.3 Å². The average Bonchev–Trinajstić information content (AvgIpc) is 2.88. The smallest absolute Gasteiger partial charge is 0.360 e. The molecule has 0 atom stereocenters. The maximum Gasteiger partial charge on any atom is 0.360 e. The molecule has 2 aromatic heterocycles. The number of hydrogen-bond acceptors (Lipinski definition) is 5. The summed E-state index contributed by atoms with van der Waals surface area (Å²) >= 11 is 1.61. The molecule has 2 heterocycles. The molecule has 0 aromatic carbocycles. The van der Waals surface area contributed by atoms with Gasteiger partial charge in [0.2, 0.25) is 0 Å². The van der Waals surface area contributed by atoms with Crippen molar-refractivity contribution in [1.29, 1.82) is 0 Å². The van der Waals surface area contributed by atoms with Gasteiger partial charge >= 0.3 is 5.97 Å². The minimum atomic E-state index is -0.463. The molecule has 5 heteroatoms. The normalized spacial score (nSPS) is 10.2. The van der Waals surface area contributed by atoms with E-state index >= 15 is 0 Å². The molecule has 4 nitrogen and oxygen atoms in total. The fourth-order valence-electron chi connectivity index (χ4n) is 1.23. The summed E-state index contributed by atoms with van der Waals surface area (Å²) in [7, 11) is 1.33. The summed E-state index contributed by atoms with van der Waals surface area (Å²) in [4.78, 5) is 16.2. The SMILES string of the molecule is COC(=O)c1ncoc1Cc1cccs1. The Hall–Kier alpha value is -1.62. The minimum Gasteiger partial charge on any atom is -0.464 e. The van der Waals surface area contributed by atoms with Crippen molar-refractivity contribution < 1.29 is 13.9 Å². The van der Waals surface area contributed by atoms with E-state index in [0.717, 1.165) is 4.88 Å². The van der Waals surface area contributed by atoms with Gasteiger partial charge in [-0.15, -0.1) is 11.3 Å². The highest BCUT2D eigenvalue weighted by atomic mass is 32.1. The third-order valence-corrected chi connectivity index (χ3v) is 2.81. The number of carbonyl (C=O) groups excluding carboxylic acids is 1. The van der Waals surface area contributed by atoms with E-state index in [0.29, 0.717) is 12.2 Å². The van der Waals surface area contributed by atoms with Gasteiger partial charge in [-0.05, 0) is 11.4 Å². The van der Waals surface area contributed by atoms with Crippen LogP contribution in [0.15, 0.2) is 28.3 Å². The fourth-order valence-corrected chi connectivity index (χ4v) is 1.93. The van der Waals surface area contributed by atoms with E-state index < -0.39 is 5.97 Å². The highest BCUT2D eigenvalue weighted by Crippen LogP contribution is 2.17. The van der Waals surface area contributed by atoms with Crippen LogP contribution in [-0.4, -0.2) is 18.1 Å². The zero-order valence-electron chi connectivity index (χ0n) is 8.10. The Morgan fingerprint density at radius 3 is 3.20 bits per heavy atom. The average molecular weight is 223 g/mol. The van der Waals surface area contributed by atoms with Crippen molar-refractivity contribution in [2.24, 2.45) is 0 Å². The van der Waals surface area contributed by atoms with E-state index in [4.69, 9.17) is 4.42 Å². The molecular weight excluding hydrogens is 214 g/mol. The first kappa shape index (κ1) is 9.92. The third kappa shape index (κ3) is 2.07. The number of nitrogens with zero attached hydrogens (tertiary/aromatic N) is 1. The van der Waals surface area contributed by atoms with Crippen molar-refractivity contribution >= 4 is 17.3 Å². The number of oxazole rings is 1. The van der Waals surface area contributed by atoms with E-state index in [-0.39, 0.29) is 5.69 Å². The Kier molecular flexibility index (Phi) is 2.82. The molecule has 0 amide bonds. The van der Waals surface area contributed by atoms with Crippen molar-refractivity contribution in [3.05, 3.63) is 40.2 Å². The lowest BCUT2D eigenvalue weighted by Crippen LogP contribution is -2.04. The highest BCUT2D eigenvalue weighted by Gasteiger charge is 2.17. The topological polar surface area (TPSA) is 52.3 Å². The second-order valence-corrected chi connectivity index (χ2v) is 3.90. The fraction of sp³-hybridized carbons (Fsp3) is 0.200. The van der Waals surface area contributed by atoms with Crippen LogP contribution in [0, 0.1) is 0 Å². The van der Waals surface area contributed by atoms with Crippen LogP contribution in [0.4, 0.5) is 0 Å². The molecule has 0 aliphatic heterocycles. The number of aromatic nitrogens is 1.